The molecule has 1 atom stereocenters. The molecule has 1 aliphatic heterocycles. The van der Waals surface area contributed by atoms with Crippen LogP contribution in [0.25, 0.3) is 0 Å². The number of nitrogens with zero attached hydrogens (tertiary/aromatic N) is 3. The maximum Gasteiger partial charge on any atom is 0.325 e. The van der Waals surface area contributed by atoms with Crippen LogP contribution >= 0.6 is 0 Å². The van der Waals surface area contributed by atoms with E-state index < -0.39 is 12.0 Å². The fraction of sp³-hybridized carbons (Fsp3) is 0.429. The molecule has 0 radical (unpaired) electrons. The molecule has 2 aromatic rings. The number of hydrogen-bond acceptors (Lipinski definition) is 4. The zero-order valence-corrected chi connectivity index (χ0v) is 15.6. The van der Waals surface area contributed by atoms with Crippen LogP contribution in [-0.2, 0) is 11.3 Å². The van der Waals surface area contributed by atoms with Crippen LogP contribution in [-0.4, -0.2) is 52.0 Å². The molecule has 3 rings (SSSR count). The van der Waals surface area contributed by atoms with Gasteiger partial charge in [0, 0.05) is 38.6 Å². The normalized spacial score (nSPS) is 17.6. The van der Waals surface area contributed by atoms with Crippen LogP contribution in [0.4, 0.5) is 0 Å². The third-order valence-electron chi connectivity index (χ3n) is 5.20. The number of benzene rings is 1. The van der Waals surface area contributed by atoms with Gasteiger partial charge >= 0.3 is 5.97 Å². The molecule has 0 amide bonds. The van der Waals surface area contributed by atoms with Crippen molar-refractivity contribution in [1.82, 2.24) is 14.8 Å². The molecule has 0 unspecified atom stereocenters. The Morgan fingerprint density at radius 2 is 2.00 bits per heavy atom. The summed E-state index contributed by atoms with van der Waals surface area (Å²) in [6, 6.07) is 9.47. The minimum Gasteiger partial charge on any atom is -0.480 e. The van der Waals surface area contributed by atoms with E-state index in [9.17, 15) is 9.90 Å². The topological polar surface area (TPSA) is 56.7 Å². The Balaban J connectivity index is 1.71. The molecule has 138 valence electrons. The minimum absolute atomic E-state index is 0.576. The van der Waals surface area contributed by atoms with Gasteiger partial charge in [0.15, 0.2) is 0 Å². The number of carboxylic acids is 1. The second-order valence-electron chi connectivity index (χ2n) is 7.11. The molecule has 1 aliphatic rings. The molecular weight excluding hydrogens is 326 g/mol. The van der Waals surface area contributed by atoms with Crippen molar-refractivity contribution in [3.05, 3.63) is 65.0 Å². The van der Waals surface area contributed by atoms with Crippen LogP contribution < -0.4 is 0 Å². The van der Waals surface area contributed by atoms with Crippen LogP contribution in [0.3, 0.4) is 0 Å². The summed E-state index contributed by atoms with van der Waals surface area (Å²) in [5.41, 5.74) is 4.41. The minimum atomic E-state index is -0.769. The Labute approximate surface area is 155 Å². The average Bonchev–Trinajstić information content (AvgIpc) is 2.85. The second-order valence-corrected chi connectivity index (χ2v) is 7.11. The Bertz CT molecular complexity index is 748. The summed E-state index contributed by atoms with van der Waals surface area (Å²) < 4.78 is 0. The molecule has 5 heteroatoms. The lowest BCUT2D eigenvalue weighted by Gasteiger charge is -2.28. The van der Waals surface area contributed by atoms with E-state index in [1.807, 2.05) is 37.4 Å². The number of carboxylic acid groups (broad SMARTS) is 1. The van der Waals surface area contributed by atoms with E-state index in [1.54, 1.807) is 6.20 Å². The smallest absolute Gasteiger partial charge is 0.325 e. The van der Waals surface area contributed by atoms with E-state index >= 15 is 0 Å². The maximum absolute atomic E-state index is 12.0. The fourth-order valence-electron chi connectivity index (χ4n) is 3.60. The van der Waals surface area contributed by atoms with Gasteiger partial charge in [0.25, 0.3) is 0 Å². The van der Waals surface area contributed by atoms with E-state index in [4.69, 9.17) is 0 Å². The summed E-state index contributed by atoms with van der Waals surface area (Å²) in [5, 5.41) is 9.87. The number of aliphatic carboxylic acids is 1. The van der Waals surface area contributed by atoms with Gasteiger partial charge in [-0.1, -0.05) is 24.3 Å². The maximum atomic E-state index is 12.0. The highest BCUT2D eigenvalue weighted by atomic mass is 16.4. The standard InChI is InChI=1S/C21H27N3O2/c1-16-6-7-19(13-17(16)2)20(21(25)26)24-10-4-9-23(11-12-24)15-18-5-3-8-22-14-18/h3,5-8,13-14,20H,4,9-12,15H2,1-2H3,(H,25,26)/t20-/m0/s1. The SMILES string of the molecule is Cc1ccc([C@@H](C(=O)O)N2CCCN(Cc3cccnc3)CC2)cc1C. The zero-order chi connectivity index (χ0) is 18.5. The van der Waals surface area contributed by atoms with Gasteiger partial charge in [-0.3, -0.25) is 19.6 Å². The molecule has 0 bridgehead atoms. The van der Waals surface area contributed by atoms with Crippen molar-refractivity contribution < 1.29 is 9.90 Å². The molecule has 0 spiro atoms. The largest absolute Gasteiger partial charge is 0.480 e. The molecule has 1 fully saturated rings. The fourth-order valence-corrected chi connectivity index (χ4v) is 3.60. The van der Waals surface area contributed by atoms with Gasteiger partial charge in [-0.15, -0.1) is 0 Å². The summed E-state index contributed by atoms with van der Waals surface area (Å²) in [7, 11) is 0. The number of aryl methyl sites for hydroxylation is 2. The van der Waals surface area contributed by atoms with Crippen molar-refractivity contribution in [3.8, 4) is 0 Å². The highest BCUT2D eigenvalue weighted by Gasteiger charge is 2.29. The average molecular weight is 353 g/mol. The molecule has 5 nitrogen and oxygen atoms in total. The van der Waals surface area contributed by atoms with Crippen molar-refractivity contribution in [3.63, 3.8) is 0 Å². The summed E-state index contributed by atoms with van der Waals surface area (Å²) in [6.07, 6.45) is 4.65. The molecular formula is C21H27N3O2. The van der Waals surface area contributed by atoms with Gasteiger partial charge in [0.05, 0.1) is 0 Å². The highest BCUT2D eigenvalue weighted by Crippen LogP contribution is 2.25. The molecule has 1 N–H and O–H groups in total. The molecule has 1 aromatic heterocycles. The van der Waals surface area contributed by atoms with Crippen molar-refractivity contribution in [2.24, 2.45) is 0 Å². The van der Waals surface area contributed by atoms with E-state index in [1.165, 1.54) is 11.1 Å². The van der Waals surface area contributed by atoms with Gasteiger partial charge in [0.1, 0.15) is 6.04 Å². The third-order valence-corrected chi connectivity index (χ3v) is 5.20. The van der Waals surface area contributed by atoms with Crippen LogP contribution in [0.2, 0.25) is 0 Å². The predicted molar refractivity (Wildman–Crippen MR) is 102 cm³/mol. The van der Waals surface area contributed by atoms with Crippen LogP contribution in [0, 0.1) is 13.8 Å². The van der Waals surface area contributed by atoms with E-state index in [2.05, 4.69) is 27.8 Å². The zero-order valence-electron chi connectivity index (χ0n) is 15.6. The van der Waals surface area contributed by atoms with Crippen molar-refractivity contribution in [1.29, 1.82) is 0 Å². The third kappa shape index (κ3) is 4.48. The van der Waals surface area contributed by atoms with E-state index in [0.717, 1.165) is 50.3 Å². The lowest BCUT2D eigenvalue weighted by molar-refractivity contribution is -0.143. The molecule has 0 aliphatic carbocycles. The number of carbonyl (C=O) groups is 1. The molecule has 0 saturated carbocycles. The number of hydrogen-bond donors (Lipinski definition) is 1. The number of pyridine rings is 1. The molecule has 1 aromatic carbocycles. The predicted octanol–water partition coefficient (Wildman–Crippen LogP) is 3.03. The van der Waals surface area contributed by atoms with Gasteiger partial charge in [-0.2, -0.15) is 0 Å². The van der Waals surface area contributed by atoms with Crippen LogP contribution in [0.1, 0.15) is 34.7 Å². The monoisotopic (exact) mass is 353 g/mol. The summed E-state index contributed by atoms with van der Waals surface area (Å²) >= 11 is 0. The molecule has 26 heavy (non-hydrogen) atoms. The second kappa shape index (κ2) is 8.43. The van der Waals surface area contributed by atoms with Crippen LogP contribution in [0.5, 0.6) is 0 Å². The molecule has 2 heterocycles. The first-order chi connectivity index (χ1) is 12.5. The number of aromatic nitrogens is 1. The quantitative estimate of drug-likeness (QED) is 0.895. The van der Waals surface area contributed by atoms with Crippen molar-refractivity contribution >= 4 is 5.97 Å². The van der Waals surface area contributed by atoms with E-state index in [-0.39, 0.29) is 0 Å². The Kier molecular flexibility index (Phi) is 6.01. The molecule has 1 saturated heterocycles. The van der Waals surface area contributed by atoms with Gasteiger partial charge in [-0.05, 0) is 55.1 Å². The Hall–Kier alpha value is -2.24. The van der Waals surface area contributed by atoms with Gasteiger partial charge in [-0.25, -0.2) is 0 Å². The summed E-state index contributed by atoms with van der Waals surface area (Å²) in [4.78, 5) is 20.7. The van der Waals surface area contributed by atoms with Gasteiger partial charge in [0.2, 0.25) is 0 Å². The van der Waals surface area contributed by atoms with Crippen molar-refractivity contribution in [2.45, 2.75) is 32.9 Å². The van der Waals surface area contributed by atoms with Gasteiger partial charge < -0.3 is 5.11 Å². The lowest BCUT2D eigenvalue weighted by Crippen LogP contribution is -2.37. The first-order valence-electron chi connectivity index (χ1n) is 9.20. The Morgan fingerprint density at radius 1 is 1.15 bits per heavy atom. The Morgan fingerprint density at radius 3 is 2.69 bits per heavy atom. The highest BCUT2D eigenvalue weighted by molar-refractivity contribution is 5.75. The first kappa shape index (κ1) is 18.5. The van der Waals surface area contributed by atoms with Crippen LogP contribution in [0.15, 0.2) is 42.7 Å². The van der Waals surface area contributed by atoms with Crippen molar-refractivity contribution in [2.75, 3.05) is 26.2 Å². The number of rotatable bonds is 5. The van der Waals surface area contributed by atoms with E-state index in [0.29, 0.717) is 0 Å². The summed E-state index contributed by atoms with van der Waals surface area (Å²) in [5.74, 6) is -0.769. The summed E-state index contributed by atoms with van der Waals surface area (Å²) in [6.45, 7) is 8.35. The lowest BCUT2D eigenvalue weighted by atomic mass is 10.00. The first-order valence-corrected chi connectivity index (χ1v) is 9.20.